The molecular formula is C21H21FN6O. The number of rotatable bonds is 8. The number of halogens is 1. The third-order valence-corrected chi connectivity index (χ3v) is 4.19. The molecule has 1 aromatic carbocycles. The van der Waals surface area contributed by atoms with Gasteiger partial charge in [-0.3, -0.25) is 4.79 Å². The largest absolute Gasteiger partial charge is 0.379 e. The first-order chi connectivity index (χ1) is 13.9. The minimum Gasteiger partial charge on any atom is -0.379 e. The van der Waals surface area contributed by atoms with Crippen molar-refractivity contribution in [1.29, 1.82) is 0 Å². The topological polar surface area (TPSA) is 98.2 Å². The summed E-state index contributed by atoms with van der Waals surface area (Å²) in [5, 5.41) is 7.46. The van der Waals surface area contributed by atoms with Crippen LogP contribution in [0, 0.1) is 0 Å². The van der Waals surface area contributed by atoms with Crippen LogP contribution in [-0.2, 0) is 6.54 Å². The molecule has 0 saturated carbocycles. The number of amides is 1. The quantitative estimate of drug-likeness (QED) is 0.570. The minimum atomic E-state index is -0.481. The summed E-state index contributed by atoms with van der Waals surface area (Å²) < 4.78 is 14.4. The molecule has 0 radical (unpaired) electrons. The molecular weight excluding hydrogens is 371 g/mol. The summed E-state index contributed by atoms with van der Waals surface area (Å²) in [6.45, 7) is 5.57. The smallest absolute Gasteiger partial charge is 0.252 e. The van der Waals surface area contributed by atoms with Crippen molar-refractivity contribution in [1.82, 2.24) is 19.6 Å². The number of hydrogen-bond donors (Lipinski definition) is 2. The highest BCUT2D eigenvalue weighted by molar-refractivity contribution is 5.93. The van der Waals surface area contributed by atoms with Crippen molar-refractivity contribution in [3.63, 3.8) is 0 Å². The fraction of sp³-hybridized carbons (Fsp3) is 0.143. The molecule has 3 rings (SSSR count). The lowest BCUT2D eigenvalue weighted by molar-refractivity contribution is 0.100. The van der Waals surface area contributed by atoms with Crippen LogP contribution in [0.15, 0.2) is 67.3 Å². The van der Waals surface area contributed by atoms with Crippen LogP contribution in [0.3, 0.4) is 0 Å². The van der Waals surface area contributed by atoms with E-state index in [1.807, 2.05) is 25.1 Å². The maximum absolute atomic E-state index is 12.7. The van der Waals surface area contributed by atoms with Crippen LogP contribution in [0.4, 0.5) is 10.1 Å². The van der Waals surface area contributed by atoms with Gasteiger partial charge in [-0.15, -0.1) is 0 Å². The molecule has 0 atom stereocenters. The van der Waals surface area contributed by atoms with E-state index >= 15 is 0 Å². The summed E-state index contributed by atoms with van der Waals surface area (Å²) in [7, 11) is 0. The Balaban J connectivity index is 1.82. The van der Waals surface area contributed by atoms with Gasteiger partial charge in [-0.2, -0.15) is 14.6 Å². The number of fused-ring (bicyclic) bond motifs is 1. The van der Waals surface area contributed by atoms with E-state index in [4.69, 9.17) is 5.73 Å². The zero-order chi connectivity index (χ0) is 20.8. The molecule has 0 fully saturated rings. The van der Waals surface area contributed by atoms with Crippen molar-refractivity contribution in [2.24, 2.45) is 5.73 Å². The summed E-state index contributed by atoms with van der Waals surface area (Å²) in [5.41, 5.74) is 9.06. The van der Waals surface area contributed by atoms with Gasteiger partial charge in [-0.05, 0) is 49.3 Å². The maximum Gasteiger partial charge on any atom is 0.252 e. The second-order valence-corrected chi connectivity index (χ2v) is 6.38. The van der Waals surface area contributed by atoms with Crippen LogP contribution in [0.1, 0.15) is 35.1 Å². The average molecular weight is 392 g/mol. The molecule has 1 amide bonds. The average Bonchev–Trinajstić information content (AvgIpc) is 3.17. The molecule has 7 nitrogen and oxygen atoms in total. The van der Waals surface area contributed by atoms with E-state index in [0.29, 0.717) is 24.3 Å². The number of nitrogens with zero attached hydrogens (tertiary/aromatic N) is 4. The van der Waals surface area contributed by atoms with Crippen LogP contribution >= 0.6 is 0 Å². The zero-order valence-corrected chi connectivity index (χ0v) is 16.0. The number of anilines is 1. The van der Waals surface area contributed by atoms with Crippen LogP contribution in [0.25, 0.3) is 11.4 Å². The molecule has 148 valence electrons. The van der Waals surface area contributed by atoms with Crippen molar-refractivity contribution in [2.75, 3.05) is 5.32 Å². The molecule has 2 aromatic heterocycles. The van der Waals surface area contributed by atoms with Crippen LogP contribution in [0.2, 0.25) is 0 Å². The van der Waals surface area contributed by atoms with Crippen molar-refractivity contribution < 1.29 is 9.18 Å². The predicted molar refractivity (Wildman–Crippen MR) is 111 cm³/mol. The third kappa shape index (κ3) is 5.13. The Bertz CT molecular complexity index is 1120. The molecule has 0 bridgehead atoms. The lowest BCUT2D eigenvalue weighted by Crippen LogP contribution is -2.11. The lowest BCUT2D eigenvalue weighted by atomic mass is 10.1. The summed E-state index contributed by atoms with van der Waals surface area (Å²) in [5.74, 6) is -0.483. The van der Waals surface area contributed by atoms with Gasteiger partial charge in [0.2, 0.25) is 5.91 Å². The molecule has 0 unspecified atom stereocenters. The van der Waals surface area contributed by atoms with E-state index in [9.17, 15) is 9.18 Å². The van der Waals surface area contributed by atoms with Crippen LogP contribution < -0.4 is 11.1 Å². The highest BCUT2D eigenvalue weighted by Crippen LogP contribution is 2.18. The van der Waals surface area contributed by atoms with E-state index in [1.165, 1.54) is 12.4 Å². The molecule has 0 aliphatic heterocycles. The van der Waals surface area contributed by atoms with Crippen molar-refractivity contribution in [3.8, 4) is 0 Å². The number of benzene rings is 1. The second kappa shape index (κ2) is 8.92. The monoisotopic (exact) mass is 392 g/mol. The highest BCUT2D eigenvalue weighted by Gasteiger charge is 2.09. The van der Waals surface area contributed by atoms with Gasteiger partial charge in [0.15, 0.2) is 0 Å². The maximum atomic E-state index is 12.7. The van der Waals surface area contributed by atoms with E-state index in [1.54, 1.807) is 28.8 Å². The summed E-state index contributed by atoms with van der Waals surface area (Å²) in [6.07, 6.45) is 6.99. The summed E-state index contributed by atoms with van der Waals surface area (Å²) >= 11 is 0. The fourth-order valence-electron chi connectivity index (χ4n) is 2.75. The van der Waals surface area contributed by atoms with Crippen molar-refractivity contribution >= 4 is 22.9 Å². The Hall–Kier alpha value is -3.81. The van der Waals surface area contributed by atoms with Gasteiger partial charge in [-0.25, -0.2) is 9.37 Å². The number of carbonyl (C=O) groups is 1. The van der Waals surface area contributed by atoms with Gasteiger partial charge in [0, 0.05) is 11.3 Å². The Morgan fingerprint density at radius 2 is 2.21 bits per heavy atom. The van der Waals surface area contributed by atoms with Crippen LogP contribution in [0.5, 0.6) is 0 Å². The standard InChI is InChI=1S/C21H21FN6O/c1-14(6-3-4-7-15(2)22)19-11-18(27-21-25-13-26-28(19)21)12-24-17-9-5-8-16(10-17)20(23)29/h4-11,13,24H,2-3,12H2,1H3,(H2,23,29)/b7-4?,14-6+. The van der Waals surface area contributed by atoms with E-state index in [2.05, 4.69) is 27.0 Å². The molecule has 2 heterocycles. The van der Waals surface area contributed by atoms with E-state index < -0.39 is 11.7 Å². The molecule has 3 N–H and O–H groups in total. The van der Waals surface area contributed by atoms with E-state index in [0.717, 1.165) is 22.6 Å². The summed E-state index contributed by atoms with van der Waals surface area (Å²) in [6, 6.07) is 8.87. The number of hydrogen-bond acceptors (Lipinski definition) is 5. The van der Waals surface area contributed by atoms with Gasteiger partial charge in [0.1, 0.15) is 12.2 Å². The van der Waals surface area contributed by atoms with Gasteiger partial charge < -0.3 is 11.1 Å². The Morgan fingerprint density at radius 3 is 2.97 bits per heavy atom. The fourth-order valence-corrected chi connectivity index (χ4v) is 2.75. The number of allylic oxidation sites excluding steroid dienone is 5. The number of nitrogens with two attached hydrogens (primary N) is 1. The first kappa shape index (κ1) is 19.9. The van der Waals surface area contributed by atoms with Gasteiger partial charge in [-0.1, -0.05) is 24.8 Å². The number of primary amides is 1. The highest BCUT2D eigenvalue weighted by atomic mass is 19.1. The SMILES string of the molecule is C=C(F)C=CC/C=C(\C)c1cc(CNc2cccc(C(N)=O)c2)nc2ncnn12. The Kier molecular flexibility index (Phi) is 6.13. The lowest BCUT2D eigenvalue weighted by Gasteiger charge is -2.10. The molecule has 0 spiro atoms. The molecule has 8 heteroatoms. The Morgan fingerprint density at radius 1 is 1.38 bits per heavy atom. The molecule has 29 heavy (non-hydrogen) atoms. The second-order valence-electron chi connectivity index (χ2n) is 6.38. The van der Waals surface area contributed by atoms with Gasteiger partial charge in [0.25, 0.3) is 5.78 Å². The number of carbonyl (C=O) groups excluding carboxylic acids is 1. The summed E-state index contributed by atoms with van der Waals surface area (Å²) in [4.78, 5) is 20.0. The third-order valence-electron chi connectivity index (χ3n) is 4.19. The minimum absolute atomic E-state index is 0.424. The van der Waals surface area contributed by atoms with Crippen molar-refractivity contribution in [2.45, 2.75) is 19.9 Å². The molecule has 3 aromatic rings. The molecule has 0 aliphatic rings. The number of aromatic nitrogens is 4. The molecule has 0 saturated heterocycles. The first-order valence-electron chi connectivity index (χ1n) is 8.95. The Labute approximate surface area is 167 Å². The normalized spacial score (nSPS) is 11.9. The van der Waals surface area contributed by atoms with Gasteiger partial charge in [0.05, 0.1) is 17.9 Å². The number of nitrogens with one attached hydrogen (secondary N) is 1. The predicted octanol–water partition coefficient (Wildman–Crippen LogP) is 3.67. The van der Waals surface area contributed by atoms with Gasteiger partial charge >= 0.3 is 0 Å². The zero-order valence-electron chi connectivity index (χ0n) is 16.0. The van der Waals surface area contributed by atoms with E-state index in [-0.39, 0.29) is 0 Å². The first-order valence-corrected chi connectivity index (χ1v) is 8.95. The van der Waals surface area contributed by atoms with Crippen LogP contribution in [-0.4, -0.2) is 25.5 Å². The molecule has 0 aliphatic carbocycles. The van der Waals surface area contributed by atoms with Crippen molar-refractivity contribution in [3.05, 3.63) is 84.2 Å².